The van der Waals surface area contributed by atoms with Gasteiger partial charge in [-0.05, 0) is 100 Å². The van der Waals surface area contributed by atoms with Crippen LogP contribution in [-0.4, -0.2) is 128 Å². The number of amides is 3. The normalized spacial score (nSPS) is 12.4. The van der Waals surface area contributed by atoms with Gasteiger partial charge in [0.15, 0.2) is 9.84 Å². The Hall–Kier alpha value is -8.66. The lowest BCUT2D eigenvalue weighted by molar-refractivity contribution is -0.603. The summed E-state index contributed by atoms with van der Waals surface area (Å²) < 4.78 is 178. The summed E-state index contributed by atoms with van der Waals surface area (Å²) >= 11 is 0.393. The van der Waals surface area contributed by atoms with E-state index in [1.54, 1.807) is 0 Å². The molecule has 0 aliphatic carbocycles. The quantitative estimate of drug-likeness (QED) is 0.00707. The van der Waals surface area contributed by atoms with Gasteiger partial charge < -0.3 is 37.8 Å². The Labute approximate surface area is 507 Å². The van der Waals surface area contributed by atoms with Crippen molar-refractivity contribution in [3.63, 3.8) is 0 Å². The van der Waals surface area contributed by atoms with E-state index in [4.69, 9.17) is 26.5 Å². The molecule has 0 saturated carbocycles. The Bertz CT molecular complexity index is 4610. The van der Waals surface area contributed by atoms with Gasteiger partial charge in [0.2, 0.25) is 0 Å². The number of primary amides is 2. The zero-order valence-electron chi connectivity index (χ0n) is 43.6. The zero-order valence-corrected chi connectivity index (χ0v) is 49.4. The summed E-state index contributed by atoms with van der Waals surface area (Å²) in [4.78, 5) is 45.7. The van der Waals surface area contributed by atoms with Crippen LogP contribution in [0.2, 0.25) is 0 Å². The van der Waals surface area contributed by atoms with Gasteiger partial charge in [-0.3, -0.25) is 27.8 Å². The molecule has 0 aliphatic rings. The van der Waals surface area contributed by atoms with E-state index in [-0.39, 0.29) is 84.6 Å². The molecule has 2 heterocycles. The van der Waals surface area contributed by atoms with Gasteiger partial charge in [-0.2, -0.15) is 33.7 Å². The Morgan fingerprint density at radius 3 is 1.92 bits per heavy atom. The SMILES string of the molecule is NC(=O)Nc1cc(Nc2nc(Nc3cc(NCCC(=O)O)c(S(=O)(=O)O)cc3N=Nc3ccc(S(=O)(=O)CCOS(=O)(=O)O)cc3SOOO)nc(-[n+]3cccc(C(N)=O)c3)n2)ccc1N=Nc1cc2c(S(=O)(=O)O)cc(SOOO)cc2cc1S(=O)(=O)O. The number of aliphatic carboxylic acids is 1. The Morgan fingerprint density at radius 1 is 0.640 bits per heavy atom. The number of benzene rings is 5. The minimum atomic E-state index is -5.25. The average molecular weight is 1380 g/mol. The molecular weight excluding hydrogens is 1340 g/mol. The molecule has 0 radical (unpaired) electrons. The van der Waals surface area contributed by atoms with Crippen LogP contribution in [0.5, 0.6) is 0 Å². The molecule has 15 N–H and O–H groups in total. The highest BCUT2D eigenvalue weighted by Crippen LogP contribution is 2.41. The molecule has 0 atom stereocenters. The van der Waals surface area contributed by atoms with Crippen LogP contribution < -0.4 is 37.3 Å². The summed E-state index contributed by atoms with van der Waals surface area (Å²) in [6.07, 6.45) is 1.96. The van der Waals surface area contributed by atoms with Gasteiger partial charge in [-0.1, -0.05) is 10.1 Å². The molecule has 0 saturated heterocycles. The summed E-state index contributed by atoms with van der Waals surface area (Å²) in [6, 6.07) is 13.2. The standard InChI is InChI=1S/C43H38N14O25S7/c44-39(60)21-2-1-9-57(20-21)43-51-41(47-23-3-5-27(29(14-23)48-40(45)61)53-56-33-17-26-22(13-36(33)87(69,70)71)12-24(83-81-79-62)15-35(26)86(66,67)68)50-42(52-43)49-30-18-32(46-8-7-38(58)59)37(88(72,73)74)19-31(30)55-54-28-6-4-25(16-34(28)84-82-80-63)85(64,65)11-10-78-89(75,76)77/h1-6,9,12-20H,7-8,10-11H2,(H14-,44,45,46,47,48,49,50,51,52,54,56,58,59,60,61,62,63,66,67,68,69,70,71,72,73,74,75,76,77)/p+1. The summed E-state index contributed by atoms with van der Waals surface area (Å²) in [5.41, 5.74) is 7.97. The molecule has 0 unspecified atom stereocenters. The maximum Gasteiger partial charge on any atom is 0.444 e. The topological polar surface area (TPSA) is 602 Å². The first-order valence-electron chi connectivity index (χ1n) is 23.3. The number of nitrogens with two attached hydrogens (primary N) is 2. The van der Waals surface area contributed by atoms with E-state index < -0.39 is 142 Å². The Balaban J connectivity index is 1.35. The van der Waals surface area contributed by atoms with E-state index in [0.29, 0.717) is 0 Å². The van der Waals surface area contributed by atoms with Gasteiger partial charge in [0.1, 0.15) is 37.4 Å². The molecule has 0 aliphatic heterocycles. The van der Waals surface area contributed by atoms with Crippen LogP contribution in [0.25, 0.3) is 16.7 Å². The highest BCUT2D eigenvalue weighted by molar-refractivity contribution is 7.95. The van der Waals surface area contributed by atoms with E-state index >= 15 is 0 Å². The van der Waals surface area contributed by atoms with Gasteiger partial charge in [-0.15, -0.1) is 34.1 Å². The van der Waals surface area contributed by atoms with E-state index in [9.17, 15) is 75.2 Å². The monoisotopic (exact) mass is 1380 g/mol. The van der Waals surface area contributed by atoms with Crippen LogP contribution in [0.3, 0.4) is 0 Å². The lowest BCUT2D eigenvalue weighted by Gasteiger charge is -2.14. The lowest BCUT2D eigenvalue weighted by atomic mass is 10.1. The second-order valence-corrected chi connectivity index (χ2v) is 25.9. The Morgan fingerprint density at radius 2 is 1.28 bits per heavy atom. The number of pyridine rings is 1. The number of carboxylic acids is 1. The Kier molecular flexibility index (Phi) is 21.5. The fraction of sp³-hybridized carbons (Fsp3) is 0.0930. The fourth-order valence-electron chi connectivity index (χ4n) is 7.32. The number of rotatable bonds is 29. The smallest absolute Gasteiger partial charge is 0.444 e. The van der Waals surface area contributed by atoms with Crippen molar-refractivity contribution in [2.24, 2.45) is 31.9 Å². The van der Waals surface area contributed by atoms with Crippen molar-refractivity contribution in [3.8, 4) is 5.95 Å². The fourth-order valence-corrected chi connectivity index (χ4v) is 11.9. The van der Waals surface area contributed by atoms with Crippen LogP contribution in [0, 0.1) is 0 Å². The molecule has 46 heteroatoms. The second kappa shape index (κ2) is 28.2. The first-order valence-corrected chi connectivity index (χ1v) is 32.1. The van der Waals surface area contributed by atoms with Gasteiger partial charge >= 0.3 is 40.2 Å². The van der Waals surface area contributed by atoms with Crippen molar-refractivity contribution in [1.82, 2.24) is 15.0 Å². The van der Waals surface area contributed by atoms with Gasteiger partial charge in [0, 0.05) is 22.5 Å². The first kappa shape index (κ1) is 67.8. The number of nitrogens with one attached hydrogen (secondary N) is 4. The van der Waals surface area contributed by atoms with Gasteiger partial charge in [0.05, 0.1) is 87.7 Å². The van der Waals surface area contributed by atoms with Crippen molar-refractivity contribution in [1.29, 1.82) is 0 Å². The molecule has 0 spiro atoms. The molecular formula is C43H39N14O25S7+. The third-order valence-electron chi connectivity index (χ3n) is 11.0. The number of aromatic nitrogens is 4. The molecule has 89 heavy (non-hydrogen) atoms. The van der Waals surface area contributed by atoms with Crippen molar-refractivity contribution in [3.05, 3.63) is 103 Å². The molecule has 7 rings (SSSR count). The number of carboxylic acid groups (broad SMARTS) is 1. The van der Waals surface area contributed by atoms with Crippen LogP contribution >= 0.6 is 24.1 Å². The summed E-state index contributed by atoms with van der Waals surface area (Å²) in [5, 5.41) is 59.9. The number of nitrogens with zero attached hydrogens (tertiary/aromatic N) is 8. The van der Waals surface area contributed by atoms with Crippen LogP contribution in [0.1, 0.15) is 16.8 Å². The molecule has 7 aromatic rings. The summed E-state index contributed by atoms with van der Waals surface area (Å²) in [6.45, 7) is -1.47. The third kappa shape index (κ3) is 18.7. The van der Waals surface area contributed by atoms with Crippen molar-refractivity contribution in [2.75, 3.05) is 40.2 Å². The minimum absolute atomic E-state index is 0.0375. The van der Waals surface area contributed by atoms with Crippen molar-refractivity contribution < 1.29 is 118 Å². The molecule has 39 nitrogen and oxygen atoms in total. The number of hydrogen-bond acceptors (Lipinski definition) is 32. The molecule has 472 valence electrons. The highest BCUT2D eigenvalue weighted by Gasteiger charge is 2.27. The average Bonchev–Trinajstić information content (AvgIpc) is 1.82. The number of carbonyl (C=O) groups is 3. The van der Waals surface area contributed by atoms with E-state index in [2.05, 4.69) is 79.6 Å². The van der Waals surface area contributed by atoms with Gasteiger partial charge in [-0.25, -0.2) is 32.5 Å². The van der Waals surface area contributed by atoms with E-state index in [0.717, 1.165) is 66.7 Å². The maximum atomic E-state index is 13.1. The highest BCUT2D eigenvalue weighted by atomic mass is 32.3. The predicted molar refractivity (Wildman–Crippen MR) is 302 cm³/mol. The van der Waals surface area contributed by atoms with Crippen molar-refractivity contribution in [2.45, 2.75) is 35.8 Å². The van der Waals surface area contributed by atoms with E-state index in [1.807, 2.05) is 0 Å². The number of sulfone groups is 1. The van der Waals surface area contributed by atoms with Crippen LogP contribution in [-0.2, 0) is 78.3 Å². The second-order valence-electron chi connectivity index (χ2n) is 17.0. The van der Waals surface area contributed by atoms with Crippen LogP contribution in [0.15, 0.2) is 147 Å². The largest absolute Gasteiger partial charge is 0.481 e. The number of fused-ring (bicyclic) bond motifs is 1. The molecule has 2 aromatic heterocycles. The van der Waals surface area contributed by atoms with Crippen molar-refractivity contribution >= 4 is 161 Å². The maximum absolute atomic E-state index is 13.1. The number of urea groups is 1. The number of azo groups is 2. The first-order chi connectivity index (χ1) is 41.7. The van der Waals surface area contributed by atoms with Gasteiger partial charge in [0.25, 0.3) is 36.3 Å². The molecule has 0 fully saturated rings. The molecule has 3 amide bonds. The molecule has 5 aromatic carbocycles. The summed E-state index contributed by atoms with van der Waals surface area (Å²) in [7, 11) is -25.0. The lowest BCUT2D eigenvalue weighted by Crippen LogP contribution is -2.34. The third-order valence-corrected chi connectivity index (χ3v) is 17.0. The number of anilines is 6. The van der Waals surface area contributed by atoms with E-state index in [1.165, 1.54) is 35.2 Å². The number of hydrogen-bond donors (Lipinski definition) is 13. The summed E-state index contributed by atoms with van der Waals surface area (Å²) in [5.74, 6) is -4.47. The van der Waals surface area contributed by atoms with Crippen LogP contribution in [0.4, 0.5) is 62.2 Å². The molecule has 0 bridgehead atoms. The predicted octanol–water partition coefficient (Wildman–Crippen LogP) is 5.29. The number of carbonyl (C=O) groups excluding carboxylic acids is 2. The zero-order chi connectivity index (χ0) is 65.2. The minimum Gasteiger partial charge on any atom is -0.481 e.